The summed E-state index contributed by atoms with van der Waals surface area (Å²) in [6.45, 7) is 11.3. The van der Waals surface area contributed by atoms with Crippen molar-refractivity contribution in [3.8, 4) is 22.8 Å². The van der Waals surface area contributed by atoms with Gasteiger partial charge in [-0.2, -0.15) is 0 Å². The molecule has 0 aliphatic rings. The molecule has 0 saturated carbocycles. The van der Waals surface area contributed by atoms with Crippen LogP contribution in [0.5, 0.6) is 0 Å². The molecule has 0 unspecified atom stereocenters. The van der Waals surface area contributed by atoms with Gasteiger partial charge in [-0.1, -0.05) is 0 Å². The number of aromatic nitrogens is 4. The minimum absolute atomic E-state index is 0.813. The highest BCUT2D eigenvalue weighted by Gasteiger charge is 2.04. The largest absolute Gasteiger partial charge is 0.314 e. The third-order valence-electron chi connectivity index (χ3n) is 6.10. The molecule has 0 radical (unpaired) electrons. The minimum atomic E-state index is 0.813. The second kappa shape index (κ2) is 15.0. The second-order valence-corrected chi connectivity index (χ2v) is 9.39. The lowest BCUT2D eigenvalue weighted by atomic mass is 10.1. The summed E-state index contributed by atoms with van der Waals surface area (Å²) in [5.74, 6) is 0. The van der Waals surface area contributed by atoms with Crippen molar-refractivity contribution in [2.24, 2.45) is 0 Å². The first-order valence-electron chi connectivity index (χ1n) is 13.3. The zero-order chi connectivity index (χ0) is 26.4. The van der Waals surface area contributed by atoms with Crippen molar-refractivity contribution in [1.82, 2.24) is 41.2 Å². The van der Waals surface area contributed by atoms with E-state index in [-0.39, 0.29) is 0 Å². The van der Waals surface area contributed by atoms with Gasteiger partial charge in [0.15, 0.2) is 0 Å². The van der Waals surface area contributed by atoms with Gasteiger partial charge in [0.05, 0.1) is 22.8 Å². The summed E-state index contributed by atoms with van der Waals surface area (Å²) in [5, 5.41) is 13.9. The van der Waals surface area contributed by atoms with E-state index in [0.29, 0.717) is 0 Å². The lowest BCUT2D eigenvalue weighted by Crippen LogP contribution is -2.35. The van der Waals surface area contributed by atoms with E-state index in [1.807, 2.05) is 49.1 Å². The van der Waals surface area contributed by atoms with Crippen LogP contribution in [0.1, 0.15) is 22.3 Å². The smallest absolute Gasteiger partial charge is 0.0889 e. The van der Waals surface area contributed by atoms with Gasteiger partial charge in [-0.15, -0.1) is 0 Å². The van der Waals surface area contributed by atoms with Gasteiger partial charge in [-0.05, 0) is 84.6 Å². The van der Waals surface area contributed by atoms with Crippen molar-refractivity contribution < 1.29 is 0 Å². The Kier molecular flexibility index (Phi) is 10.8. The molecule has 0 aliphatic heterocycles. The lowest BCUT2D eigenvalue weighted by molar-refractivity contribution is 0.565. The molecule has 198 valence electrons. The molecule has 4 heterocycles. The molecule has 0 amide bonds. The quantitative estimate of drug-likeness (QED) is 0.181. The summed E-state index contributed by atoms with van der Waals surface area (Å²) in [4.78, 5) is 17.8. The van der Waals surface area contributed by atoms with E-state index < -0.39 is 0 Å². The number of hydrogen-bond donors (Lipinski definition) is 4. The van der Waals surface area contributed by atoms with Crippen molar-refractivity contribution >= 4 is 0 Å². The fourth-order valence-corrected chi connectivity index (χ4v) is 4.05. The molecule has 0 aliphatic carbocycles. The molecule has 8 nitrogen and oxygen atoms in total. The maximum Gasteiger partial charge on any atom is 0.0889 e. The minimum Gasteiger partial charge on any atom is -0.314 e. The maximum absolute atomic E-state index is 4.47. The van der Waals surface area contributed by atoms with Crippen molar-refractivity contribution in [1.29, 1.82) is 0 Å². The molecule has 4 rings (SSSR count). The highest BCUT2D eigenvalue weighted by atomic mass is 15.0. The number of nitrogens with zero attached hydrogens (tertiary/aromatic N) is 4. The number of hydrogen-bond acceptors (Lipinski definition) is 8. The van der Waals surface area contributed by atoms with Gasteiger partial charge in [-0.25, -0.2) is 0 Å². The monoisotopic (exact) mass is 510 g/mol. The van der Waals surface area contributed by atoms with E-state index >= 15 is 0 Å². The predicted molar refractivity (Wildman–Crippen MR) is 154 cm³/mol. The van der Waals surface area contributed by atoms with Crippen LogP contribution in [-0.2, 0) is 13.1 Å². The van der Waals surface area contributed by atoms with Crippen LogP contribution in [0, 0.1) is 13.8 Å². The standard InChI is InChI=1S/C30H38N8/c1-23-3-7-35-27(17-23)29-19-25(5-9-37-29)21-33-15-13-31-11-12-32-14-16-34-22-26-6-10-38-30(20-26)28-18-24(2)4-8-36-28/h3-10,17-20,31-34H,11-16,21-22H2,1-2H3. The maximum atomic E-state index is 4.47. The van der Waals surface area contributed by atoms with Gasteiger partial charge in [-0.3, -0.25) is 19.9 Å². The lowest BCUT2D eigenvalue weighted by Gasteiger charge is -2.10. The summed E-state index contributed by atoms with van der Waals surface area (Å²) < 4.78 is 0. The third-order valence-corrected chi connectivity index (χ3v) is 6.10. The van der Waals surface area contributed by atoms with Crippen LogP contribution in [0.25, 0.3) is 22.8 Å². The first-order valence-corrected chi connectivity index (χ1v) is 13.3. The average molecular weight is 511 g/mol. The summed E-state index contributed by atoms with van der Waals surface area (Å²) >= 11 is 0. The fraction of sp³-hybridized carbons (Fsp3) is 0.333. The SMILES string of the molecule is Cc1ccnc(-c2cc(CNCCNCCNCCNCc3ccnc(-c4cc(C)ccn4)c3)ccn2)c1. The van der Waals surface area contributed by atoms with E-state index in [1.165, 1.54) is 22.3 Å². The van der Waals surface area contributed by atoms with Crippen molar-refractivity contribution in [2.75, 3.05) is 39.3 Å². The highest BCUT2D eigenvalue weighted by molar-refractivity contribution is 5.56. The Hall–Kier alpha value is -3.56. The predicted octanol–water partition coefficient (Wildman–Crippen LogP) is 3.28. The normalized spacial score (nSPS) is 11.1. The molecule has 4 aromatic rings. The Morgan fingerprint density at radius 2 is 0.789 bits per heavy atom. The highest BCUT2D eigenvalue weighted by Crippen LogP contribution is 2.17. The van der Waals surface area contributed by atoms with Crippen LogP contribution >= 0.6 is 0 Å². The van der Waals surface area contributed by atoms with E-state index in [2.05, 4.69) is 79.3 Å². The van der Waals surface area contributed by atoms with Gasteiger partial charge in [0.1, 0.15) is 0 Å². The van der Waals surface area contributed by atoms with Crippen LogP contribution in [0.3, 0.4) is 0 Å². The Bertz CT molecular complexity index is 1180. The van der Waals surface area contributed by atoms with Crippen molar-refractivity contribution in [3.05, 3.63) is 95.6 Å². The summed E-state index contributed by atoms with van der Waals surface area (Å²) in [7, 11) is 0. The molecule has 0 spiro atoms. The van der Waals surface area contributed by atoms with Crippen LogP contribution in [0.4, 0.5) is 0 Å². The summed E-state index contributed by atoms with van der Waals surface area (Å²) in [5.41, 5.74) is 8.45. The number of aryl methyl sites for hydroxylation is 2. The van der Waals surface area contributed by atoms with Crippen molar-refractivity contribution in [3.63, 3.8) is 0 Å². The number of pyridine rings is 4. The topological polar surface area (TPSA) is 99.7 Å². The van der Waals surface area contributed by atoms with Crippen LogP contribution in [0.15, 0.2) is 73.3 Å². The Morgan fingerprint density at radius 1 is 0.447 bits per heavy atom. The fourth-order valence-electron chi connectivity index (χ4n) is 4.05. The molecule has 0 aromatic carbocycles. The Labute approximate surface area is 225 Å². The third kappa shape index (κ3) is 9.08. The van der Waals surface area contributed by atoms with Crippen molar-refractivity contribution in [2.45, 2.75) is 26.9 Å². The van der Waals surface area contributed by atoms with Crippen LogP contribution in [-0.4, -0.2) is 59.2 Å². The van der Waals surface area contributed by atoms with E-state index in [0.717, 1.165) is 75.1 Å². The number of rotatable bonds is 15. The van der Waals surface area contributed by atoms with Gasteiger partial charge < -0.3 is 21.3 Å². The van der Waals surface area contributed by atoms with E-state index in [4.69, 9.17) is 0 Å². The molecule has 38 heavy (non-hydrogen) atoms. The zero-order valence-electron chi connectivity index (χ0n) is 22.4. The van der Waals surface area contributed by atoms with Gasteiger partial charge in [0.2, 0.25) is 0 Å². The molecule has 8 heteroatoms. The van der Waals surface area contributed by atoms with Gasteiger partial charge >= 0.3 is 0 Å². The number of nitrogens with one attached hydrogen (secondary N) is 4. The van der Waals surface area contributed by atoms with Crippen LogP contribution < -0.4 is 21.3 Å². The average Bonchev–Trinajstić information content (AvgIpc) is 2.94. The zero-order valence-corrected chi connectivity index (χ0v) is 22.4. The van der Waals surface area contributed by atoms with Gasteiger partial charge in [0, 0.05) is 77.1 Å². The summed E-state index contributed by atoms with van der Waals surface area (Å²) in [6.07, 6.45) is 7.37. The molecule has 0 atom stereocenters. The van der Waals surface area contributed by atoms with Gasteiger partial charge in [0.25, 0.3) is 0 Å². The first kappa shape index (κ1) is 27.5. The van der Waals surface area contributed by atoms with E-state index in [9.17, 15) is 0 Å². The Morgan fingerprint density at radius 3 is 1.18 bits per heavy atom. The molecule has 0 bridgehead atoms. The molecule has 4 N–H and O–H groups in total. The molecule has 0 fully saturated rings. The van der Waals surface area contributed by atoms with E-state index in [1.54, 1.807) is 0 Å². The Balaban J connectivity index is 1.02. The summed E-state index contributed by atoms with van der Waals surface area (Å²) in [6, 6.07) is 16.4. The first-order chi connectivity index (χ1) is 18.7. The molecular formula is C30H38N8. The molecule has 4 aromatic heterocycles. The molecular weight excluding hydrogens is 472 g/mol. The second-order valence-electron chi connectivity index (χ2n) is 9.39. The molecule has 0 saturated heterocycles. The van der Waals surface area contributed by atoms with Crippen LogP contribution in [0.2, 0.25) is 0 Å².